The van der Waals surface area contributed by atoms with Crippen molar-refractivity contribution in [1.29, 1.82) is 0 Å². The fourth-order valence-corrected chi connectivity index (χ4v) is 1.18. The normalized spacial score (nSPS) is 11.9. The van der Waals surface area contributed by atoms with Gasteiger partial charge in [0.2, 0.25) is 0 Å². The van der Waals surface area contributed by atoms with Crippen LogP contribution < -0.4 is 10.6 Å². The first kappa shape index (κ1) is 16.7. The van der Waals surface area contributed by atoms with Gasteiger partial charge in [-0.05, 0) is 5.92 Å². The molecule has 7 heteroatoms. The van der Waals surface area contributed by atoms with E-state index in [1.165, 1.54) is 0 Å². The molecule has 0 bridgehead atoms. The fourth-order valence-electron chi connectivity index (χ4n) is 1.18. The van der Waals surface area contributed by atoms with E-state index in [0.717, 1.165) is 0 Å². The van der Waals surface area contributed by atoms with Crippen molar-refractivity contribution in [1.82, 2.24) is 10.6 Å². The number of urea groups is 1. The zero-order chi connectivity index (χ0) is 13.8. The summed E-state index contributed by atoms with van der Waals surface area (Å²) in [5.74, 6) is -0.956. The van der Waals surface area contributed by atoms with Gasteiger partial charge in [-0.25, -0.2) is 4.79 Å². The van der Waals surface area contributed by atoms with Gasteiger partial charge in [0.05, 0.1) is 19.8 Å². The third-order valence-corrected chi connectivity index (χ3v) is 2.10. The van der Waals surface area contributed by atoms with Crippen molar-refractivity contribution in [2.75, 3.05) is 40.0 Å². The summed E-state index contributed by atoms with van der Waals surface area (Å²) in [7, 11) is 1.59. The van der Waals surface area contributed by atoms with Crippen LogP contribution in [0.15, 0.2) is 0 Å². The third kappa shape index (κ3) is 11.2. The maximum absolute atomic E-state index is 11.3. The van der Waals surface area contributed by atoms with Crippen LogP contribution in [0.3, 0.4) is 0 Å². The number of rotatable bonds is 10. The predicted molar refractivity (Wildman–Crippen MR) is 65.5 cm³/mol. The van der Waals surface area contributed by atoms with Gasteiger partial charge >= 0.3 is 12.0 Å². The number of amides is 2. The van der Waals surface area contributed by atoms with E-state index in [1.54, 1.807) is 14.0 Å². The number of methoxy groups -OCH3 is 1. The summed E-state index contributed by atoms with van der Waals surface area (Å²) >= 11 is 0. The lowest BCUT2D eigenvalue weighted by atomic mass is 10.1. The van der Waals surface area contributed by atoms with Crippen LogP contribution in [0.25, 0.3) is 0 Å². The van der Waals surface area contributed by atoms with Crippen LogP contribution >= 0.6 is 0 Å². The number of aliphatic carboxylic acids is 1. The Bertz CT molecular complexity index is 248. The minimum Gasteiger partial charge on any atom is -0.481 e. The van der Waals surface area contributed by atoms with Crippen LogP contribution in [0.1, 0.15) is 13.3 Å². The van der Waals surface area contributed by atoms with Gasteiger partial charge in [0, 0.05) is 26.6 Å². The minimum absolute atomic E-state index is 0.0421. The quantitative estimate of drug-likeness (QED) is 0.484. The van der Waals surface area contributed by atoms with E-state index in [9.17, 15) is 9.59 Å². The Kier molecular flexibility index (Phi) is 9.99. The Morgan fingerprint density at radius 3 is 2.56 bits per heavy atom. The second-order valence-corrected chi connectivity index (χ2v) is 3.95. The van der Waals surface area contributed by atoms with Crippen molar-refractivity contribution >= 4 is 12.0 Å². The van der Waals surface area contributed by atoms with E-state index < -0.39 is 5.97 Å². The van der Waals surface area contributed by atoms with Gasteiger partial charge in [0.1, 0.15) is 0 Å². The molecule has 0 heterocycles. The highest BCUT2D eigenvalue weighted by Crippen LogP contribution is 1.98. The Balaban J connectivity index is 3.40. The van der Waals surface area contributed by atoms with Crippen molar-refractivity contribution in [3.8, 4) is 0 Å². The van der Waals surface area contributed by atoms with Crippen LogP contribution in [0, 0.1) is 5.92 Å². The summed E-state index contributed by atoms with van der Waals surface area (Å²) in [5.41, 5.74) is 0. The van der Waals surface area contributed by atoms with Gasteiger partial charge in [0.25, 0.3) is 0 Å². The van der Waals surface area contributed by atoms with E-state index in [4.69, 9.17) is 14.6 Å². The van der Waals surface area contributed by atoms with Gasteiger partial charge < -0.3 is 25.2 Å². The molecule has 3 N–H and O–H groups in total. The SMILES string of the molecule is COCCOCCNC(=O)NCC(C)CC(=O)O. The molecule has 0 aromatic heterocycles. The highest BCUT2D eigenvalue weighted by Gasteiger charge is 2.08. The number of nitrogens with one attached hydrogen (secondary N) is 2. The number of carboxylic acids is 1. The molecule has 106 valence electrons. The molecule has 0 radical (unpaired) electrons. The van der Waals surface area contributed by atoms with Crippen LogP contribution in [0.5, 0.6) is 0 Å². The molecule has 0 aliphatic rings. The van der Waals surface area contributed by atoms with E-state index in [0.29, 0.717) is 32.9 Å². The summed E-state index contributed by atoms with van der Waals surface area (Å²) in [4.78, 5) is 21.7. The average Bonchev–Trinajstić information content (AvgIpc) is 2.30. The monoisotopic (exact) mass is 262 g/mol. The Hall–Kier alpha value is -1.34. The number of carbonyl (C=O) groups is 2. The Morgan fingerprint density at radius 2 is 1.94 bits per heavy atom. The lowest BCUT2D eigenvalue weighted by molar-refractivity contribution is -0.137. The van der Waals surface area contributed by atoms with E-state index in [-0.39, 0.29) is 18.4 Å². The zero-order valence-corrected chi connectivity index (χ0v) is 10.9. The van der Waals surface area contributed by atoms with Crippen LogP contribution in [0.4, 0.5) is 4.79 Å². The smallest absolute Gasteiger partial charge is 0.314 e. The van der Waals surface area contributed by atoms with Crippen LogP contribution in [-0.2, 0) is 14.3 Å². The summed E-state index contributed by atoms with van der Waals surface area (Å²) in [5, 5.41) is 13.7. The molecule has 0 aromatic carbocycles. The van der Waals surface area contributed by atoms with Crippen molar-refractivity contribution < 1.29 is 24.2 Å². The van der Waals surface area contributed by atoms with Crippen molar-refractivity contribution in [2.45, 2.75) is 13.3 Å². The van der Waals surface area contributed by atoms with Crippen LogP contribution in [-0.4, -0.2) is 57.1 Å². The van der Waals surface area contributed by atoms with E-state index in [1.807, 2.05) is 0 Å². The first-order valence-corrected chi connectivity index (χ1v) is 5.86. The molecule has 1 atom stereocenters. The van der Waals surface area contributed by atoms with Crippen LogP contribution in [0.2, 0.25) is 0 Å². The molecule has 0 rings (SSSR count). The number of carbonyl (C=O) groups excluding carboxylic acids is 1. The molecular formula is C11H22N2O5. The summed E-state index contributed by atoms with van der Waals surface area (Å²) in [6.45, 7) is 3.95. The molecule has 0 fully saturated rings. The number of carboxylic acid groups (broad SMARTS) is 1. The van der Waals surface area contributed by atoms with Gasteiger partial charge in [-0.3, -0.25) is 4.79 Å². The molecule has 7 nitrogen and oxygen atoms in total. The highest BCUT2D eigenvalue weighted by molar-refractivity contribution is 5.73. The second kappa shape index (κ2) is 10.8. The molecule has 0 saturated carbocycles. The first-order valence-electron chi connectivity index (χ1n) is 5.86. The molecule has 0 spiro atoms. The standard InChI is InChI=1S/C11H22N2O5/c1-9(7-10(14)15)8-13-11(16)12-3-4-18-6-5-17-2/h9H,3-8H2,1-2H3,(H,14,15)(H2,12,13,16). The molecule has 18 heavy (non-hydrogen) atoms. The van der Waals surface area contributed by atoms with Gasteiger partial charge in [-0.2, -0.15) is 0 Å². The summed E-state index contributed by atoms with van der Waals surface area (Å²) in [6, 6.07) is -0.317. The Labute approximate surface area is 107 Å². The topological polar surface area (TPSA) is 96.9 Å². The van der Waals surface area contributed by atoms with E-state index >= 15 is 0 Å². The number of hydrogen-bond donors (Lipinski definition) is 3. The second-order valence-electron chi connectivity index (χ2n) is 3.95. The lowest BCUT2D eigenvalue weighted by Crippen LogP contribution is -2.39. The van der Waals surface area contributed by atoms with E-state index in [2.05, 4.69) is 10.6 Å². The third-order valence-electron chi connectivity index (χ3n) is 2.10. The Morgan fingerprint density at radius 1 is 1.22 bits per heavy atom. The largest absolute Gasteiger partial charge is 0.481 e. The maximum Gasteiger partial charge on any atom is 0.314 e. The van der Waals surface area contributed by atoms with Gasteiger partial charge in [0.15, 0.2) is 0 Å². The number of ether oxygens (including phenoxy) is 2. The lowest BCUT2D eigenvalue weighted by Gasteiger charge is -2.11. The number of hydrogen-bond acceptors (Lipinski definition) is 4. The van der Waals surface area contributed by atoms with Crippen molar-refractivity contribution in [3.63, 3.8) is 0 Å². The molecule has 0 aliphatic carbocycles. The molecule has 0 aromatic rings. The maximum atomic E-state index is 11.3. The fraction of sp³-hybridized carbons (Fsp3) is 0.818. The average molecular weight is 262 g/mol. The highest BCUT2D eigenvalue weighted by atomic mass is 16.5. The van der Waals surface area contributed by atoms with Gasteiger partial charge in [-0.15, -0.1) is 0 Å². The first-order chi connectivity index (χ1) is 8.56. The molecule has 0 aliphatic heterocycles. The van der Waals surface area contributed by atoms with Gasteiger partial charge in [-0.1, -0.05) is 6.92 Å². The molecular weight excluding hydrogens is 240 g/mol. The van der Waals surface area contributed by atoms with Crippen molar-refractivity contribution in [3.05, 3.63) is 0 Å². The molecule has 0 saturated heterocycles. The molecule has 1 unspecified atom stereocenters. The predicted octanol–water partition coefficient (Wildman–Crippen LogP) is 0.0594. The summed E-state index contributed by atoms with van der Waals surface area (Å²) in [6.07, 6.45) is 0.0421. The van der Waals surface area contributed by atoms with Crippen molar-refractivity contribution in [2.24, 2.45) is 5.92 Å². The zero-order valence-electron chi connectivity index (χ0n) is 10.9. The summed E-state index contributed by atoms with van der Waals surface area (Å²) < 4.78 is 9.95. The minimum atomic E-state index is -0.865. The molecule has 2 amide bonds.